The molecule has 0 bridgehead atoms. The van der Waals surface area contributed by atoms with Gasteiger partial charge in [0.05, 0.1) is 12.6 Å². The van der Waals surface area contributed by atoms with Crippen molar-refractivity contribution in [2.24, 2.45) is 5.73 Å². The SMILES string of the molecule is [2H]C(=O)[C@H](N)[C@@H](O)[C@@H](O)[C@H](O)CO. The molecule has 0 spiro atoms. The standard InChI is InChI=1S/C6H13NO5/c7-3(1-8)5(11)6(12)4(10)2-9/h1,3-6,9-12H,2,7H2/t3-,4+,5+,6-/m0/s1/i1D. The summed E-state index contributed by atoms with van der Waals surface area (Å²) in [5, 5.41) is 35.3. The maximum atomic E-state index is 10.3. The quantitative estimate of drug-likeness (QED) is 0.281. The first kappa shape index (κ1) is 9.56. The molecule has 0 saturated carbocycles. The summed E-state index contributed by atoms with van der Waals surface area (Å²) in [6.07, 6.45) is -6.33. The molecule has 0 saturated heterocycles. The molecule has 0 unspecified atom stereocenters. The van der Waals surface area contributed by atoms with Crippen LogP contribution in [0, 0.1) is 0 Å². The maximum Gasteiger partial charge on any atom is 0.139 e. The van der Waals surface area contributed by atoms with E-state index >= 15 is 0 Å². The highest BCUT2D eigenvalue weighted by Gasteiger charge is 2.28. The first-order valence-corrected chi connectivity index (χ1v) is 3.33. The molecule has 0 aliphatic heterocycles. The lowest BCUT2D eigenvalue weighted by molar-refractivity contribution is -0.118. The lowest BCUT2D eigenvalue weighted by Gasteiger charge is -2.23. The summed E-state index contributed by atoms with van der Waals surface area (Å²) >= 11 is 0. The number of nitrogens with two attached hydrogens (primary N) is 1. The van der Waals surface area contributed by atoms with Gasteiger partial charge in [-0.3, -0.25) is 0 Å². The molecule has 4 atom stereocenters. The highest BCUT2D eigenvalue weighted by Crippen LogP contribution is 2.01. The Hall–Kier alpha value is -0.530. The van der Waals surface area contributed by atoms with Crippen LogP contribution in [0.5, 0.6) is 0 Å². The summed E-state index contributed by atoms with van der Waals surface area (Å²) in [5.74, 6) is 0. The zero-order valence-electron chi connectivity index (χ0n) is 7.29. The van der Waals surface area contributed by atoms with Crippen LogP contribution in [0.1, 0.15) is 1.37 Å². The predicted octanol–water partition coefficient (Wildman–Crippen LogP) is -3.41. The predicted molar refractivity (Wildman–Crippen MR) is 39.1 cm³/mol. The Labute approximate surface area is 70.6 Å². The lowest BCUT2D eigenvalue weighted by atomic mass is 10.0. The molecule has 6 heteroatoms. The fourth-order valence-corrected chi connectivity index (χ4v) is 0.618. The minimum Gasteiger partial charge on any atom is -0.394 e. The third kappa shape index (κ3) is 2.84. The van der Waals surface area contributed by atoms with Gasteiger partial charge in [0, 0.05) is 0 Å². The summed E-state index contributed by atoms with van der Waals surface area (Å²) in [6, 6.07) is -1.59. The number of aliphatic hydroxyl groups excluding tert-OH is 4. The van der Waals surface area contributed by atoms with E-state index in [2.05, 4.69) is 0 Å². The molecule has 0 aromatic heterocycles. The molecule has 0 aromatic rings. The van der Waals surface area contributed by atoms with Gasteiger partial charge in [0.25, 0.3) is 0 Å². The molecule has 0 heterocycles. The third-order valence-electron chi connectivity index (χ3n) is 1.44. The van der Waals surface area contributed by atoms with Gasteiger partial charge >= 0.3 is 0 Å². The summed E-state index contributed by atoms with van der Waals surface area (Å²) in [5.41, 5.74) is 5.01. The average molecular weight is 180 g/mol. The van der Waals surface area contributed by atoms with E-state index in [4.69, 9.17) is 27.5 Å². The van der Waals surface area contributed by atoms with Crippen LogP contribution in [0.2, 0.25) is 0 Å². The van der Waals surface area contributed by atoms with E-state index in [1.54, 1.807) is 0 Å². The molecule has 0 aromatic carbocycles. The van der Waals surface area contributed by atoms with Crippen LogP contribution >= 0.6 is 0 Å². The van der Waals surface area contributed by atoms with Crippen LogP contribution in [-0.2, 0) is 4.79 Å². The van der Waals surface area contributed by atoms with Gasteiger partial charge in [0.1, 0.15) is 25.9 Å². The minimum absolute atomic E-state index is 0.767. The molecular formula is C6H13NO5. The second-order valence-corrected chi connectivity index (χ2v) is 2.37. The van der Waals surface area contributed by atoms with Gasteiger partial charge in [-0.05, 0) is 0 Å². The number of rotatable bonds is 5. The summed E-state index contributed by atoms with van der Waals surface area (Å²) in [4.78, 5) is 10.3. The van der Waals surface area contributed by atoms with Gasteiger partial charge in [-0.2, -0.15) is 0 Å². The monoisotopic (exact) mass is 180 g/mol. The van der Waals surface area contributed by atoms with Crippen molar-refractivity contribution >= 4 is 6.26 Å². The molecule has 0 amide bonds. The molecule has 0 aliphatic rings. The van der Waals surface area contributed by atoms with Crippen LogP contribution in [0.15, 0.2) is 0 Å². The molecule has 6 N–H and O–H groups in total. The molecule has 0 radical (unpaired) electrons. The molecule has 12 heavy (non-hydrogen) atoms. The Morgan fingerprint density at radius 1 is 1.42 bits per heavy atom. The van der Waals surface area contributed by atoms with E-state index in [0.717, 1.165) is 0 Å². The van der Waals surface area contributed by atoms with Crippen LogP contribution in [0.25, 0.3) is 0 Å². The number of aldehydes is 1. The first-order valence-electron chi connectivity index (χ1n) is 3.83. The van der Waals surface area contributed by atoms with Crippen LogP contribution in [0.4, 0.5) is 0 Å². The zero-order valence-corrected chi connectivity index (χ0v) is 6.29. The minimum atomic E-state index is -1.76. The number of carbonyl (C=O) groups excluding carboxylic acids is 1. The van der Waals surface area contributed by atoms with Crippen molar-refractivity contribution in [1.82, 2.24) is 0 Å². The molecule has 0 fully saturated rings. The van der Waals surface area contributed by atoms with E-state index in [-0.39, 0.29) is 0 Å². The largest absolute Gasteiger partial charge is 0.394 e. The zero-order chi connectivity index (χ0) is 10.6. The Bertz CT molecular complexity index is 178. The maximum absolute atomic E-state index is 10.3. The number of aliphatic hydroxyl groups is 4. The van der Waals surface area contributed by atoms with Crippen molar-refractivity contribution < 1.29 is 26.6 Å². The summed E-state index contributed by atoms with van der Waals surface area (Å²) < 4.78 is 6.53. The van der Waals surface area contributed by atoms with Crippen molar-refractivity contribution in [2.45, 2.75) is 24.4 Å². The fraction of sp³-hybridized carbons (Fsp3) is 0.833. The van der Waals surface area contributed by atoms with Crippen molar-refractivity contribution in [1.29, 1.82) is 0 Å². The Balaban J connectivity index is 4.24. The Morgan fingerprint density at radius 3 is 2.25 bits per heavy atom. The summed E-state index contributed by atoms with van der Waals surface area (Å²) in [7, 11) is 0. The van der Waals surface area contributed by atoms with Crippen LogP contribution < -0.4 is 5.73 Å². The van der Waals surface area contributed by atoms with Gasteiger partial charge < -0.3 is 31.0 Å². The highest BCUT2D eigenvalue weighted by molar-refractivity contribution is 5.58. The molecule has 72 valence electrons. The van der Waals surface area contributed by atoms with Gasteiger partial charge in [0.15, 0.2) is 0 Å². The van der Waals surface area contributed by atoms with Gasteiger partial charge in [-0.1, -0.05) is 0 Å². The fourth-order valence-electron chi connectivity index (χ4n) is 0.618. The van der Waals surface area contributed by atoms with E-state index in [0.29, 0.717) is 0 Å². The normalized spacial score (nSPS) is 22.2. The van der Waals surface area contributed by atoms with Gasteiger partial charge in [-0.25, -0.2) is 0 Å². The van der Waals surface area contributed by atoms with Crippen molar-refractivity contribution in [3.63, 3.8) is 0 Å². The van der Waals surface area contributed by atoms with Crippen LogP contribution in [-0.4, -0.2) is 57.6 Å². The van der Waals surface area contributed by atoms with E-state index in [9.17, 15) is 4.79 Å². The topological polar surface area (TPSA) is 124 Å². The van der Waals surface area contributed by atoms with Crippen molar-refractivity contribution in [3.8, 4) is 0 Å². The van der Waals surface area contributed by atoms with E-state index in [1.807, 2.05) is 0 Å². The second-order valence-electron chi connectivity index (χ2n) is 2.37. The molecule has 0 aliphatic carbocycles. The number of carbonyl (C=O) groups is 1. The lowest BCUT2D eigenvalue weighted by Crippen LogP contribution is -2.49. The van der Waals surface area contributed by atoms with E-state index in [1.165, 1.54) is 0 Å². The molecule has 6 nitrogen and oxygen atoms in total. The van der Waals surface area contributed by atoms with Crippen molar-refractivity contribution in [3.05, 3.63) is 0 Å². The number of hydrogen-bond acceptors (Lipinski definition) is 6. The average Bonchev–Trinajstić information content (AvgIpc) is 2.12. The van der Waals surface area contributed by atoms with Gasteiger partial charge in [0.2, 0.25) is 0 Å². The molecular weight excluding hydrogens is 166 g/mol. The van der Waals surface area contributed by atoms with E-state index < -0.39 is 37.2 Å². The van der Waals surface area contributed by atoms with Crippen LogP contribution in [0.3, 0.4) is 0 Å². The Kier molecular flexibility index (Phi) is 4.12. The third-order valence-corrected chi connectivity index (χ3v) is 1.44. The molecule has 0 rings (SSSR count). The highest BCUT2D eigenvalue weighted by atomic mass is 16.4. The first-order chi connectivity index (χ1) is 5.91. The smallest absolute Gasteiger partial charge is 0.139 e. The second kappa shape index (κ2) is 5.18. The van der Waals surface area contributed by atoms with Crippen molar-refractivity contribution in [2.75, 3.05) is 6.61 Å². The number of hydrogen-bond donors (Lipinski definition) is 5. The Morgan fingerprint density at radius 2 is 1.92 bits per heavy atom. The summed E-state index contributed by atoms with van der Waals surface area (Å²) in [6.45, 7) is -0.767. The van der Waals surface area contributed by atoms with Gasteiger partial charge in [-0.15, -0.1) is 0 Å².